The van der Waals surface area contributed by atoms with Crippen LogP contribution in [0.4, 0.5) is 5.69 Å². The predicted octanol–water partition coefficient (Wildman–Crippen LogP) is 6.01. The van der Waals surface area contributed by atoms with E-state index in [-0.39, 0.29) is 12.2 Å². The Hall–Kier alpha value is -3.60. The van der Waals surface area contributed by atoms with E-state index in [4.69, 9.17) is 16.3 Å². The first-order chi connectivity index (χ1) is 15.9. The molecule has 33 heavy (non-hydrogen) atoms. The molecule has 3 rings (SSSR count). The van der Waals surface area contributed by atoms with E-state index in [2.05, 4.69) is 26.0 Å². The second kappa shape index (κ2) is 11.3. The third kappa shape index (κ3) is 6.45. The van der Waals surface area contributed by atoms with Gasteiger partial charge in [0.25, 0.3) is 5.91 Å². The van der Waals surface area contributed by atoms with Gasteiger partial charge in [-0.15, -0.1) is 0 Å². The lowest BCUT2D eigenvalue weighted by Crippen LogP contribution is -2.13. The quantitative estimate of drug-likeness (QED) is 0.232. The molecule has 0 aliphatic carbocycles. The van der Waals surface area contributed by atoms with Crippen molar-refractivity contribution in [2.75, 3.05) is 12.4 Å². The highest BCUT2D eigenvalue weighted by molar-refractivity contribution is 9.10. The Bertz CT molecular complexity index is 1250. The van der Waals surface area contributed by atoms with Crippen LogP contribution in [0.2, 0.25) is 5.02 Å². The van der Waals surface area contributed by atoms with Crippen molar-refractivity contribution in [1.29, 1.82) is 5.26 Å². The van der Waals surface area contributed by atoms with E-state index in [1.165, 1.54) is 25.3 Å². The molecule has 0 fully saturated rings. The first-order valence-corrected chi connectivity index (χ1v) is 10.9. The van der Waals surface area contributed by atoms with Gasteiger partial charge in [0.15, 0.2) is 0 Å². The van der Waals surface area contributed by atoms with Crippen molar-refractivity contribution >= 4 is 51.2 Å². The van der Waals surface area contributed by atoms with Gasteiger partial charge in [0.1, 0.15) is 24.0 Å². The molecule has 0 aromatic heterocycles. The molecule has 6 nitrogen and oxygen atoms in total. The smallest absolute Gasteiger partial charge is 0.337 e. The number of nitrogens with one attached hydrogen (secondary N) is 1. The maximum atomic E-state index is 12.7. The second-order valence-corrected chi connectivity index (χ2v) is 8.08. The van der Waals surface area contributed by atoms with Crippen molar-refractivity contribution in [2.24, 2.45) is 0 Å². The number of halogens is 2. The standard InChI is InChI=1S/C25H18BrClN2O4/c1-32-25(31)16-6-9-21(10-7-16)29-24(30)19(14-28)12-18-13-20(26)8-11-23(18)33-15-17-4-2-3-5-22(17)27/h2-13H,15H2,1H3,(H,29,30)/b19-12+. The fraction of sp³-hybridized carbons (Fsp3) is 0.0800. The van der Waals surface area contributed by atoms with E-state index >= 15 is 0 Å². The number of carbonyl (C=O) groups is 2. The molecule has 0 atom stereocenters. The highest BCUT2D eigenvalue weighted by atomic mass is 79.9. The maximum Gasteiger partial charge on any atom is 0.337 e. The molecule has 0 heterocycles. The minimum absolute atomic E-state index is 0.118. The van der Waals surface area contributed by atoms with E-state index in [0.717, 1.165) is 10.0 Å². The Morgan fingerprint density at radius 1 is 1.12 bits per heavy atom. The van der Waals surface area contributed by atoms with Crippen LogP contribution in [0.15, 0.2) is 76.8 Å². The SMILES string of the molecule is COC(=O)c1ccc(NC(=O)/C(C#N)=C/c2cc(Br)ccc2OCc2ccccc2Cl)cc1. The molecule has 0 aliphatic rings. The van der Waals surface area contributed by atoms with Gasteiger partial charge in [0.2, 0.25) is 0 Å². The van der Waals surface area contributed by atoms with Crippen molar-refractivity contribution in [1.82, 2.24) is 0 Å². The van der Waals surface area contributed by atoms with Crippen LogP contribution < -0.4 is 10.1 Å². The summed E-state index contributed by atoms with van der Waals surface area (Å²) in [6.07, 6.45) is 1.45. The summed E-state index contributed by atoms with van der Waals surface area (Å²) in [6, 6.07) is 20.7. The van der Waals surface area contributed by atoms with Gasteiger partial charge in [-0.3, -0.25) is 4.79 Å². The van der Waals surface area contributed by atoms with Crippen molar-refractivity contribution in [3.63, 3.8) is 0 Å². The average molecular weight is 526 g/mol. The number of benzene rings is 3. The number of methoxy groups -OCH3 is 1. The van der Waals surface area contributed by atoms with Crippen LogP contribution in [-0.2, 0) is 16.1 Å². The zero-order valence-corrected chi connectivity index (χ0v) is 19.8. The summed E-state index contributed by atoms with van der Waals surface area (Å²) in [5.41, 5.74) is 2.02. The first-order valence-electron chi connectivity index (χ1n) is 9.68. The molecule has 0 bridgehead atoms. The molecule has 0 saturated carbocycles. The Morgan fingerprint density at radius 2 is 1.85 bits per heavy atom. The number of anilines is 1. The number of hydrogen-bond donors (Lipinski definition) is 1. The molecule has 0 unspecified atom stereocenters. The number of nitrogens with zero attached hydrogens (tertiary/aromatic N) is 1. The lowest BCUT2D eigenvalue weighted by molar-refractivity contribution is -0.112. The van der Waals surface area contributed by atoms with Crippen molar-refractivity contribution in [3.8, 4) is 11.8 Å². The number of hydrogen-bond acceptors (Lipinski definition) is 5. The van der Waals surface area contributed by atoms with Crippen LogP contribution in [0, 0.1) is 11.3 Å². The molecule has 1 N–H and O–H groups in total. The summed E-state index contributed by atoms with van der Waals surface area (Å²) in [6.45, 7) is 0.225. The van der Waals surface area contributed by atoms with E-state index in [1.54, 1.807) is 36.4 Å². The number of ether oxygens (including phenoxy) is 2. The highest BCUT2D eigenvalue weighted by Crippen LogP contribution is 2.27. The lowest BCUT2D eigenvalue weighted by Gasteiger charge is -2.11. The number of carbonyl (C=O) groups excluding carboxylic acids is 2. The topological polar surface area (TPSA) is 88.4 Å². The van der Waals surface area contributed by atoms with Crippen LogP contribution in [0.25, 0.3) is 6.08 Å². The molecule has 0 aliphatic heterocycles. The zero-order valence-electron chi connectivity index (χ0n) is 17.5. The van der Waals surface area contributed by atoms with E-state index in [1.807, 2.05) is 24.3 Å². The van der Waals surface area contributed by atoms with Crippen molar-refractivity contribution in [3.05, 3.63) is 98.5 Å². The lowest BCUT2D eigenvalue weighted by atomic mass is 10.1. The predicted molar refractivity (Wildman–Crippen MR) is 130 cm³/mol. The summed E-state index contributed by atoms with van der Waals surface area (Å²) in [5.74, 6) is -0.592. The molecule has 166 valence electrons. The van der Waals surface area contributed by atoms with Crippen LogP contribution in [-0.4, -0.2) is 19.0 Å². The van der Waals surface area contributed by atoms with Gasteiger partial charge >= 0.3 is 5.97 Å². The third-order valence-corrected chi connectivity index (χ3v) is 5.40. The molecular weight excluding hydrogens is 508 g/mol. The number of esters is 1. The minimum atomic E-state index is -0.597. The van der Waals surface area contributed by atoms with Crippen molar-refractivity contribution in [2.45, 2.75) is 6.61 Å². The molecule has 0 radical (unpaired) electrons. The first kappa shape index (κ1) is 24.1. The Balaban J connectivity index is 1.80. The van der Waals surface area contributed by atoms with E-state index < -0.39 is 11.9 Å². The second-order valence-electron chi connectivity index (χ2n) is 6.76. The summed E-state index contributed by atoms with van der Waals surface area (Å²) < 4.78 is 11.3. The van der Waals surface area contributed by atoms with Gasteiger partial charge in [-0.05, 0) is 54.6 Å². The third-order valence-electron chi connectivity index (χ3n) is 4.54. The monoisotopic (exact) mass is 524 g/mol. The number of nitriles is 1. The Morgan fingerprint density at radius 3 is 2.52 bits per heavy atom. The molecule has 8 heteroatoms. The number of rotatable bonds is 7. The fourth-order valence-corrected chi connectivity index (χ4v) is 3.41. The molecular formula is C25H18BrClN2O4. The molecule has 1 amide bonds. The maximum absolute atomic E-state index is 12.7. The van der Waals surface area contributed by atoms with Gasteiger partial charge < -0.3 is 14.8 Å². The molecule has 0 saturated heterocycles. The van der Waals surface area contributed by atoms with Gasteiger partial charge in [0.05, 0.1) is 12.7 Å². The largest absolute Gasteiger partial charge is 0.488 e. The van der Waals surface area contributed by atoms with Crippen molar-refractivity contribution < 1.29 is 19.1 Å². The van der Waals surface area contributed by atoms with Crippen LogP contribution >= 0.6 is 27.5 Å². The van der Waals surface area contributed by atoms with Crippen LogP contribution in [0.5, 0.6) is 5.75 Å². The van der Waals surface area contributed by atoms with Crippen LogP contribution in [0.1, 0.15) is 21.5 Å². The van der Waals surface area contributed by atoms with E-state index in [0.29, 0.717) is 27.6 Å². The van der Waals surface area contributed by atoms with Crippen LogP contribution in [0.3, 0.4) is 0 Å². The van der Waals surface area contributed by atoms with Gasteiger partial charge in [-0.25, -0.2) is 4.79 Å². The fourth-order valence-electron chi connectivity index (χ4n) is 2.84. The van der Waals surface area contributed by atoms with Gasteiger partial charge in [-0.1, -0.05) is 45.7 Å². The average Bonchev–Trinajstić information content (AvgIpc) is 2.82. The number of amides is 1. The summed E-state index contributed by atoms with van der Waals surface area (Å²) in [7, 11) is 1.29. The zero-order chi connectivity index (χ0) is 23.8. The molecule has 3 aromatic carbocycles. The Kier molecular flexibility index (Phi) is 8.25. The van der Waals surface area contributed by atoms with Gasteiger partial charge in [-0.2, -0.15) is 5.26 Å². The minimum Gasteiger partial charge on any atom is -0.488 e. The molecule has 3 aromatic rings. The normalized spacial score (nSPS) is 10.8. The molecule has 0 spiro atoms. The summed E-state index contributed by atoms with van der Waals surface area (Å²) in [4.78, 5) is 24.2. The summed E-state index contributed by atoms with van der Waals surface area (Å²) >= 11 is 9.60. The van der Waals surface area contributed by atoms with Gasteiger partial charge in [0, 0.05) is 26.3 Å². The summed E-state index contributed by atoms with van der Waals surface area (Å²) in [5, 5.41) is 12.8. The Labute approximate surface area is 204 Å². The highest BCUT2D eigenvalue weighted by Gasteiger charge is 2.13. The van der Waals surface area contributed by atoms with E-state index in [9.17, 15) is 14.9 Å².